The Kier molecular flexibility index (Phi) is 3.52. The number of para-hydroxylation sites is 1. The van der Waals surface area contributed by atoms with Gasteiger partial charge in [-0.25, -0.2) is 4.39 Å². The van der Waals surface area contributed by atoms with E-state index in [2.05, 4.69) is 0 Å². The molecule has 2 aromatic carbocycles. The first-order chi connectivity index (χ1) is 10.2. The molecule has 21 heavy (non-hydrogen) atoms. The summed E-state index contributed by atoms with van der Waals surface area (Å²) in [6.07, 6.45) is 1.90. The molecule has 0 spiro atoms. The van der Waals surface area contributed by atoms with E-state index in [9.17, 15) is 4.39 Å². The molecule has 0 saturated heterocycles. The number of ether oxygens (including phenoxy) is 2. The Morgan fingerprint density at radius 2 is 1.76 bits per heavy atom. The molecule has 1 heterocycles. The van der Waals surface area contributed by atoms with Crippen molar-refractivity contribution in [2.75, 3.05) is 7.11 Å². The maximum Gasteiger partial charge on any atom is 0.147 e. The van der Waals surface area contributed by atoms with Crippen molar-refractivity contribution in [2.24, 2.45) is 7.05 Å². The number of hydrogen-bond acceptors (Lipinski definition) is 2. The summed E-state index contributed by atoms with van der Waals surface area (Å²) in [5.74, 6) is 1.32. The summed E-state index contributed by atoms with van der Waals surface area (Å²) in [7, 11) is 3.46. The smallest absolute Gasteiger partial charge is 0.147 e. The topological polar surface area (TPSA) is 23.4 Å². The quantitative estimate of drug-likeness (QED) is 0.725. The van der Waals surface area contributed by atoms with Gasteiger partial charge < -0.3 is 14.0 Å². The van der Waals surface area contributed by atoms with Gasteiger partial charge in [-0.15, -0.1) is 0 Å². The predicted molar refractivity (Wildman–Crippen MR) is 80.2 cm³/mol. The van der Waals surface area contributed by atoms with Gasteiger partial charge in [0.15, 0.2) is 0 Å². The van der Waals surface area contributed by atoms with Gasteiger partial charge in [-0.1, -0.05) is 12.1 Å². The van der Waals surface area contributed by atoms with Crippen LogP contribution in [0.1, 0.15) is 5.56 Å². The fourth-order valence-corrected chi connectivity index (χ4v) is 2.45. The molecule has 1 aromatic heterocycles. The molecular weight excluding hydrogens is 269 g/mol. The minimum absolute atomic E-state index is 0.217. The summed E-state index contributed by atoms with van der Waals surface area (Å²) in [5.41, 5.74) is 1.56. The van der Waals surface area contributed by atoms with Gasteiger partial charge >= 0.3 is 0 Å². The van der Waals surface area contributed by atoms with Gasteiger partial charge in [0.1, 0.15) is 23.9 Å². The third kappa shape index (κ3) is 2.57. The zero-order valence-corrected chi connectivity index (χ0v) is 12.0. The Balaban J connectivity index is 1.83. The third-order valence-electron chi connectivity index (χ3n) is 3.49. The fourth-order valence-electron chi connectivity index (χ4n) is 2.45. The first kappa shape index (κ1) is 13.5. The Bertz CT molecular complexity index is 762. The van der Waals surface area contributed by atoms with Gasteiger partial charge in [0.2, 0.25) is 0 Å². The van der Waals surface area contributed by atoms with E-state index < -0.39 is 0 Å². The van der Waals surface area contributed by atoms with E-state index >= 15 is 0 Å². The fraction of sp³-hybridized carbons (Fsp3) is 0.176. The molecule has 0 fully saturated rings. The minimum atomic E-state index is -0.217. The van der Waals surface area contributed by atoms with Crippen LogP contribution in [0.2, 0.25) is 0 Å². The normalized spacial score (nSPS) is 10.8. The lowest BCUT2D eigenvalue weighted by atomic mass is 10.2. The van der Waals surface area contributed by atoms with E-state index in [0.717, 1.165) is 22.4 Å². The van der Waals surface area contributed by atoms with Crippen LogP contribution >= 0.6 is 0 Å². The molecule has 3 rings (SSSR count). The van der Waals surface area contributed by atoms with Crippen molar-refractivity contribution < 1.29 is 13.9 Å². The van der Waals surface area contributed by atoms with Crippen molar-refractivity contribution in [3.63, 3.8) is 0 Å². The molecule has 0 unspecified atom stereocenters. The second-order valence-electron chi connectivity index (χ2n) is 4.87. The van der Waals surface area contributed by atoms with Crippen LogP contribution in [-0.2, 0) is 13.7 Å². The van der Waals surface area contributed by atoms with E-state index in [-0.39, 0.29) is 5.82 Å². The molecule has 0 aliphatic carbocycles. The lowest BCUT2D eigenvalue weighted by Gasteiger charge is -2.06. The number of aryl methyl sites for hydroxylation is 1. The molecular formula is C17H16FNO2. The highest BCUT2D eigenvalue weighted by Gasteiger charge is 2.10. The zero-order chi connectivity index (χ0) is 14.8. The minimum Gasteiger partial charge on any atom is -0.497 e. The SMILES string of the molecule is COc1ccc(OCc2cn(C)c3c(F)cccc23)cc1. The molecule has 0 aliphatic heterocycles. The summed E-state index contributed by atoms with van der Waals surface area (Å²) in [4.78, 5) is 0. The number of hydrogen-bond donors (Lipinski definition) is 0. The van der Waals surface area contributed by atoms with Gasteiger partial charge in [-0.2, -0.15) is 0 Å². The van der Waals surface area contributed by atoms with Gasteiger partial charge in [-0.3, -0.25) is 0 Å². The maximum absolute atomic E-state index is 13.8. The number of aromatic nitrogens is 1. The summed E-state index contributed by atoms with van der Waals surface area (Å²) >= 11 is 0. The Hall–Kier alpha value is -2.49. The van der Waals surface area contributed by atoms with Crippen LogP contribution in [-0.4, -0.2) is 11.7 Å². The van der Waals surface area contributed by atoms with E-state index in [1.54, 1.807) is 17.7 Å². The van der Waals surface area contributed by atoms with Crippen LogP contribution < -0.4 is 9.47 Å². The van der Waals surface area contributed by atoms with Gasteiger partial charge in [0.05, 0.1) is 12.6 Å². The van der Waals surface area contributed by atoms with Crippen LogP contribution in [0.25, 0.3) is 10.9 Å². The lowest BCUT2D eigenvalue weighted by Crippen LogP contribution is -1.94. The molecule has 0 saturated carbocycles. The monoisotopic (exact) mass is 285 g/mol. The molecule has 0 radical (unpaired) electrons. The van der Waals surface area contributed by atoms with Gasteiger partial charge in [-0.05, 0) is 30.3 Å². The Morgan fingerprint density at radius 1 is 1.05 bits per heavy atom. The van der Waals surface area contributed by atoms with E-state index in [1.807, 2.05) is 43.6 Å². The van der Waals surface area contributed by atoms with Crippen LogP contribution in [0.3, 0.4) is 0 Å². The van der Waals surface area contributed by atoms with Crippen molar-refractivity contribution in [2.45, 2.75) is 6.61 Å². The standard InChI is InChI=1S/C17H16FNO2/c1-19-10-12(15-4-3-5-16(18)17(15)19)11-21-14-8-6-13(20-2)7-9-14/h3-10H,11H2,1-2H3. The van der Waals surface area contributed by atoms with Crippen molar-refractivity contribution in [1.82, 2.24) is 4.57 Å². The molecule has 4 heteroatoms. The highest BCUT2D eigenvalue weighted by Crippen LogP contribution is 2.25. The van der Waals surface area contributed by atoms with Crippen LogP contribution in [0.5, 0.6) is 11.5 Å². The highest BCUT2D eigenvalue weighted by molar-refractivity contribution is 5.84. The second-order valence-corrected chi connectivity index (χ2v) is 4.87. The molecule has 108 valence electrons. The molecule has 0 amide bonds. The summed E-state index contributed by atoms with van der Waals surface area (Å²) in [6.45, 7) is 0.396. The van der Waals surface area contributed by atoms with Crippen LogP contribution in [0, 0.1) is 5.82 Å². The number of methoxy groups -OCH3 is 1. The number of nitrogens with zero attached hydrogens (tertiary/aromatic N) is 1. The average Bonchev–Trinajstić information content (AvgIpc) is 2.83. The number of rotatable bonds is 4. The number of halogens is 1. The zero-order valence-electron chi connectivity index (χ0n) is 12.0. The molecule has 3 aromatic rings. The van der Waals surface area contributed by atoms with Gasteiger partial charge in [0, 0.05) is 24.2 Å². The highest BCUT2D eigenvalue weighted by atomic mass is 19.1. The van der Waals surface area contributed by atoms with Crippen LogP contribution in [0.15, 0.2) is 48.7 Å². The predicted octanol–water partition coefficient (Wildman–Crippen LogP) is 3.91. The Labute approximate surface area is 122 Å². The number of benzene rings is 2. The lowest BCUT2D eigenvalue weighted by molar-refractivity contribution is 0.306. The number of fused-ring (bicyclic) bond motifs is 1. The first-order valence-corrected chi connectivity index (χ1v) is 6.68. The molecule has 0 bridgehead atoms. The summed E-state index contributed by atoms with van der Waals surface area (Å²) in [5, 5.41) is 0.881. The molecule has 3 nitrogen and oxygen atoms in total. The van der Waals surface area contributed by atoms with Crippen molar-refractivity contribution in [3.05, 3.63) is 60.0 Å². The summed E-state index contributed by atoms with van der Waals surface area (Å²) < 4.78 is 26.5. The van der Waals surface area contributed by atoms with Crippen molar-refractivity contribution >= 4 is 10.9 Å². The summed E-state index contributed by atoms with van der Waals surface area (Å²) in [6, 6.07) is 12.5. The third-order valence-corrected chi connectivity index (χ3v) is 3.49. The van der Waals surface area contributed by atoms with Crippen molar-refractivity contribution in [3.8, 4) is 11.5 Å². The molecule has 0 atom stereocenters. The van der Waals surface area contributed by atoms with E-state index in [1.165, 1.54) is 6.07 Å². The van der Waals surface area contributed by atoms with E-state index in [0.29, 0.717) is 12.1 Å². The van der Waals surface area contributed by atoms with E-state index in [4.69, 9.17) is 9.47 Å². The largest absolute Gasteiger partial charge is 0.497 e. The van der Waals surface area contributed by atoms with Crippen molar-refractivity contribution in [1.29, 1.82) is 0 Å². The van der Waals surface area contributed by atoms with Crippen LogP contribution in [0.4, 0.5) is 4.39 Å². The maximum atomic E-state index is 13.8. The average molecular weight is 285 g/mol. The Morgan fingerprint density at radius 3 is 2.48 bits per heavy atom. The van der Waals surface area contributed by atoms with Gasteiger partial charge in [0.25, 0.3) is 0 Å². The molecule has 0 N–H and O–H groups in total. The second kappa shape index (κ2) is 5.48. The first-order valence-electron chi connectivity index (χ1n) is 6.68. The molecule has 0 aliphatic rings.